The molecule has 1 heterocycles. The second-order valence-corrected chi connectivity index (χ2v) is 6.27. The number of imidazole rings is 1. The van der Waals surface area contributed by atoms with Gasteiger partial charge in [0.25, 0.3) is 0 Å². The number of nitrogens with one attached hydrogen (secondary N) is 1. The van der Waals surface area contributed by atoms with E-state index in [1.54, 1.807) is 0 Å². The summed E-state index contributed by atoms with van der Waals surface area (Å²) in [5, 5.41) is 3.19. The molecule has 0 fully saturated rings. The fourth-order valence-corrected chi connectivity index (χ4v) is 2.53. The van der Waals surface area contributed by atoms with Crippen LogP contribution in [0.3, 0.4) is 0 Å². The zero-order chi connectivity index (χ0) is 14.0. The second kappa shape index (κ2) is 5.33. The lowest BCUT2D eigenvalue weighted by Gasteiger charge is -2.17. The molecule has 1 aromatic carbocycles. The van der Waals surface area contributed by atoms with Crippen LogP contribution in [0.1, 0.15) is 38.6 Å². The third-order valence-electron chi connectivity index (χ3n) is 3.51. The molecule has 0 aliphatic carbocycles. The molecule has 3 nitrogen and oxygen atoms in total. The van der Waals surface area contributed by atoms with E-state index in [0.29, 0.717) is 0 Å². The van der Waals surface area contributed by atoms with Gasteiger partial charge in [0.1, 0.15) is 5.82 Å². The summed E-state index contributed by atoms with van der Waals surface area (Å²) in [6.45, 7) is 7.70. The highest BCUT2D eigenvalue weighted by Crippen LogP contribution is 2.26. The lowest BCUT2D eigenvalue weighted by atomic mass is 9.96. The fourth-order valence-electron chi connectivity index (χ4n) is 2.53. The van der Waals surface area contributed by atoms with E-state index in [-0.39, 0.29) is 5.41 Å². The predicted octanol–water partition coefficient (Wildman–Crippen LogP) is 3.02. The van der Waals surface area contributed by atoms with Gasteiger partial charge in [-0.25, -0.2) is 4.98 Å². The molecule has 0 saturated heterocycles. The van der Waals surface area contributed by atoms with Crippen LogP contribution in [0.15, 0.2) is 18.2 Å². The summed E-state index contributed by atoms with van der Waals surface area (Å²) < 4.78 is 2.23. The summed E-state index contributed by atoms with van der Waals surface area (Å²) in [6.07, 6.45) is 2.29. The Morgan fingerprint density at radius 1 is 1.26 bits per heavy atom. The van der Waals surface area contributed by atoms with Gasteiger partial charge >= 0.3 is 0 Å². The summed E-state index contributed by atoms with van der Waals surface area (Å²) in [6, 6.07) is 6.64. The van der Waals surface area contributed by atoms with Crippen LogP contribution in [-0.4, -0.2) is 23.1 Å². The summed E-state index contributed by atoms with van der Waals surface area (Å²) >= 11 is 0. The average molecular weight is 259 g/mol. The SMILES string of the molecule is CNCCCc1ccc2nc(C(C)(C)C)n(C)c2c1. The van der Waals surface area contributed by atoms with Gasteiger partial charge < -0.3 is 9.88 Å². The summed E-state index contributed by atoms with van der Waals surface area (Å²) in [5.41, 5.74) is 3.82. The molecule has 104 valence electrons. The van der Waals surface area contributed by atoms with Crippen molar-refractivity contribution in [2.75, 3.05) is 13.6 Å². The van der Waals surface area contributed by atoms with E-state index in [1.807, 2.05) is 7.05 Å². The second-order valence-electron chi connectivity index (χ2n) is 6.27. The molecule has 2 aromatic rings. The lowest BCUT2D eigenvalue weighted by Crippen LogP contribution is -2.17. The first kappa shape index (κ1) is 14.1. The number of nitrogens with zero attached hydrogens (tertiary/aromatic N) is 2. The van der Waals surface area contributed by atoms with Gasteiger partial charge in [-0.3, -0.25) is 0 Å². The Bertz CT molecular complexity index is 561. The number of hydrogen-bond donors (Lipinski definition) is 1. The maximum atomic E-state index is 4.77. The zero-order valence-electron chi connectivity index (χ0n) is 12.7. The van der Waals surface area contributed by atoms with E-state index in [4.69, 9.17) is 4.98 Å². The Labute approximate surface area is 116 Å². The Morgan fingerprint density at radius 2 is 2.00 bits per heavy atom. The molecule has 0 aliphatic rings. The van der Waals surface area contributed by atoms with Crippen molar-refractivity contribution in [3.63, 3.8) is 0 Å². The van der Waals surface area contributed by atoms with Crippen molar-refractivity contribution in [2.24, 2.45) is 7.05 Å². The highest BCUT2D eigenvalue weighted by molar-refractivity contribution is 5.77. The molecule has 0 saturated carbocycles. The van der Waals surface area contributed by atoms with Gasteiger partial charge in [0.05, 0.1) is 11.0 Å². The van der Waals surface area contributed by atoms with Crippen LogP contribution < -0.4 is 5.32 Å². The number of aryl methyl sites for hydroxylation is 2. The van der Waals surface area contributed by atoms with Crippen molar-refractivity contribution in [1.29, 1.82) is 0 Å². The van der Waals surface area contributed by atoms with Gasteiger partial charge in [-0.05, 0) is 44.1 Å². The molecule has 1 aromatic heterocycles. The Balaban J connectivity index is 2.35. The van der Waals surface area contributed by atoms with Gasteiger partial charge in [-0.1, -0.05) is 26.8 Å². The number of rotatable bonds is 4. The van der Waals surface area contributed by atoms with Crippen molar-refractivity contribution in [2.45, 2.75) is 39.0 Å². The van der Waals surface area contributed by atoms with Crippen LogP contribution in [-0.2, 0) is 18.9 Å². The van der Waals surface area contributed by atoms with E-state index >= 15 is 0 Å². The van der Waals surface area contributed by atoms with Crippen molar-refractivity contribution < 1.29 is 0 Å². The molecule has 0 atom stereocenters. The lowest BCUT2D eigenvalue weighted by molar-refractivity contribution is 0.526. The highest BCUT2D eigenvalue weighted by Gasteiger charge is 2.21. The van der Waals surface area contributed by atoms with Crippen molar-refractivity contribution in [1.82, 2.24) is 14.9 Å². The molecule has 19 heavy (non-hydrogen) atoms. The van der Waals surface area contributed by atoms with E-state index in [2.05, 4.69) is 55.9 Å². The van der Waals surface area contributed by atoms with E-state index in [1.165, 1.54) is 17.5 Å². The van der Waals surface area contributed by atoms with Crippen molar-refractivity contribution >= 4 is 11.0 Å². The van der Waals surface area contributed by atoms with E-state index in [9.17, 15) is 0 Å². The normalized spacial score (nSPS) is 12.3. The van der Waals surface area contributed by atoms with Crippen LogP contribution in [0.4, 0.5) is 0 Å². The van der Waals surface area contributed by atoms with Crippen LogP contribution in [0, 0.1) is 0 Å². The van der Waals surface area contributed by atoms with Crippen LogP contribution in [0.25, 0.3) is 11.0 Å². The predicted molar refractivity (Wildman–Crippen MR) is 81.7 cm³/mol. The first-order valence-corrected chi connectivity index (χ1v) is 7.04. The number of benzene rings is 1. The molecule has 0 unspecified atom stereocenters. The molecule has 0 bridgehead atoms. The molecule has 1 N–H and O–H groups in total. The Morgan fingerprint density at radius 3 is 2.63 bits per heavy atom. The van der Waals surface area contributed by atoms with Gasteiger partial charge in [0, 0.05) is 12.5 Å². The van der Waals surface area contributed by atoms with Gasteiger partial charge in [0.2, 0.25) is 0 Å². The monoisotopic (exact) mass is 259 g/mol. The molecule has 0 aliphatic heterocycles. The van der Waals surface area contributed by atoms with Gasteiger partial charge in [-0.15, -0.1) is 0 Å². The smallest absolute Gasteiger partial charge is 0.115 e. The minimum Gasteiger partial charge on any atom is -0.331 e. The fraction of sp³-hybridized carbons (Fsp3) is 0.562. The Kier molecular flexibility index (Phi) is 3.95. The molecular weight excluding hydrogens is 234 g/mol. The topological polar surface area (TPSA) is 29.9 Å². The number of hydrogen-bond acceptors (Lipinski definition) is 2. The van der Waals surface area contributed by atoms with Gasteiger partial charge in [0.15, 0.2) is 0 Å². The minimum absolute atomic E-state index is 0.0834. The third kappa shape index (κ3) is 2.98. The van der Waals surface area contributed by atoms with Gasteiger partial charge in [-0.2, -0.15) is 0 Å². The first-order chi connectivity index (χ1) is 8.93. The third-order valence-corrected chi connectivity index (χ3v) is 3.51. The number of fused-ring (bicyclic) bond motifs is 1. The molecule has 0 radical (unpaired) electrons. The number of aromatic nitrogens is 2. The summed E-state index contributed by atoms with van der Waals surface area (Å²) in [4.78, 5) is 4.77. The van der Waals surface area contributed by atoms with Crippen LogP contribution in [0.2, 0.25) is 0 Å². The highest BCUT2D eigenvalue weighted by atomic mass is 15.1. The first-order valence-electron chi connectivity index (χ1n) is 7.04. The van der Waals surface area contributed by atoms with Crippen LogP contribution in [0.5, 0.6) is 0 Å². The maximum Gasteiger partial charge on any atom is 0.115 e. The van der Waals surface area contributed by atoms with Crippen molar-refractivity contribution in [3.8, 4) is 0 Å². The summed E-state index contributed by atoms with van der Waals surface area (Å²) in [7, 11) is 4.12. The minimum atomic E-state index is 0.0834. The maximum absolute atomic E-state index is 4.77. The largest absolute Gasteiger partial charge is 0.331 e. The van der Waals surface area contributed by atoms with E-state index < -0.39 is 0 Å². The van der Waals surface area contributed by atoms with Crippen molar-refractivity contribution in [3.05, 3.63) is 29.6 Å². The average Bonchev–Trinajstić information content (AvgIpc) is 2.67. The quantitative estimate of drug-likeness (QED) is 0.855. The molecule has 3 heteroatoms. The van der Waals surface area contributed by atoms with Crippen LogP contribution >= 0.6 is 0 Å². The molecule has 0 amide bonds. The Hall–Kier alpha value is -1.35. The van der Waals surface area contributed by atoms with E-state index in [0.717, 1.165) is 24.3 Å². The summed E-state index contributed by atoms with van der Waals surface area (Å²) in [5.74, 6) is 1.15. The molecule has 0 spiro atoms. The zero-order valence-corrected chi connectivity index (χ0v) is 12.7. The standard InChI is InChI=1S/C16H25N3/c1-16(2,3)15-18-13-9-8-12(7-6-10-17-4)11-14(13)19(15)5/h8-9,11,17H,6-7,10H2,1-5H3. The molecular formula is C16H25N3. The molecule has 2 rings (SSSR count).